The molecule has 86 valence electrons. The van der Waals surface area contributed by atoms with Gasteiger partial charge in [-0.25, -0.2) is 0 Å². The van der Waals surface area contributed by atoms with Crippen LogP contribution >= 0.6 is 22.6 Å². The Labute approximate surface area is 107 Å². The van der Waals surface area contributed by atoms with Crippen LogP contribution in [0.3, 0.4) is 0 Å². The Hall–Kier alpha value is -1.11. The van der Waals surface area contributed by atoms with Crippen LogP contribution in [-0.2, 0) is 9.59 Å². The highest BCUT2D eigenvalue weighted by Crippen LogP contribution is 2.35. The standard InChI is InChI=1S/C11H11IO4/c1-6-4-5-9(12)11(16-8(3)14)10(6)15-7(2)13/h4-5H,1-3H3. The van der Waals surface area contributed by atoms with E-state index in [1.54, 1.807) is 19.1 Å². The number of ether oxygens (including phenoxy) is 2. The zero-order chi connectivity index (χ0) is 12.3. The molecule has 0 bridgehead atoms. The average molecular weight is 334 g/mol. The average Bonchev–Trinajstić information content (AvgIpc) is 2.16. The lowest BCUT2D eigenvalue weighted by atomic mass is 10.2. The molecule has 4 nitrogen and oxygen atoms in total. The fourth-order valence-corrected chi connectivity index (χ4v) is 1.68. The van der Waals surface area contributed by atoms with Gasteiger partial charge in [-0.2, -0.15) is 0 Å². The number of hydrogen-bond donors (Lipinski definition) is 0. The molecule has 0 radical (unpaired) electrons. The lowest BCUT2D eigenvalue weighted by Gasteiger charge is -2.12. The van der Waals surface area contributed by atoms with E-state index in [2.05, 4.69) is 0 Å². The maximum atomic E-state index is 10.9. The molecule has 5 heteroatoms. The molecule has 16 heavy (non-hydrogen) atoms. The second-order valence-electron chi connectivity index (χ2n) is 3.21. The smallest absolute Gasteiger partial charge is 0.308 e. The van der Waals surface area contributed by atoms with Gasteiger partial charge >= 0.3 is 11.9 Å². The van der Waals surface area contributed by atoms with Crippen molar-refractivity contribution in [2.24, 2.45) is 0 Å². The fraction of sp³-hybridized carbons (Fsp3) is 0.273. The van der Waals surface area contributed by atoms with Crippen molar-refractivity contribution >= 4 is 34.5 Å². The van der Waals surface area contributed by atoms with Crippen LogP contribution in [-0.4, -0.2) is 11.9 Å². The quantitative estimate of drug-likeness (QED) is 0.474. The summed E-state index contributed by atoms with van der Waals surface area (Å²) in [4.78, 5) is 21.9. The van der Waals surface area contributed by atoms with E-state index < -0.39 is 11.9 Å². The summed E-state index contributed by atoms with van der Waals surface area (Å²) >= 11 is 2.01. The largest absolute Gasteiger partial charge is 0.422 e. The van der Waals surface area contributed by atoms with Gasteiger partial charge in [0.05, 0.1) is 3.57 Å². The number of rotatable bonds is 2. The number of esters is 2. The zero-order valence-corrected chi connectivity index (χ0v) is 11.3. The van der Waals surface area contributed by atoms with Crippen molar-refractivity contribution in [2.75, 3.05) is 0 Å². The normalized spacial score (nSPS) is 9.75. The first-order chi connectivity index (χ1) is 7.41. The molecule has 0 aromatic heterocycles. The van der Waals surface area contributed by atoms with Gasteiger partial charge in [-0.05, 0) is 41.1 Å². The third-order valence-electron chi connectivity index (χ3n) is 1.75. The molecule has 0 aliphatic heterocycles. The summed E-state index contributed by atoms with van der Waals surface area (Å²) in [6, 6.07) is 3.59. The Balaban J connectivity index is 3.24. The van der Waals surface area contributed by atoms with Gasteiger partial charge in [0.25, 0.3) is 0 Å². The summed E-state index contributed by atoms with van der Waals surface area (Å²) in [5.41, 5.74) is 0.742. The zero-order valence-electron chi connectivity index (χ0n) is 9.17. The Bertz CT molecular complexity index is 399. The Morgan fingerprint density at radius 2 is 1.56 bits per heavy atom. The van der Waals surface area contributed by atoms with Gasteiger partial charge in [-0.3, -0.25) is 9.59 Å². The van der Waals surface area contributed by atoms with Gasteiger partial charge in [-0.15, -0.1) is 0 Å². The van der Waals surface area contributed by atoms with Gasteiger partial charge in [0, 0.05) is 13.8 Å². The monoisotopic (exact) mass is 334 g/mol. The van der Waals surface area contributed by atoms with Crippen molar-refractivity contribution in [2.45, 2.75) is 20.8 Å². The highest BCUT2D eigenvalue weighted by Gasteiger charge is 2.16. The number of aryl methyl sites for hydroxylation is 1. The number of hydrogen-bond acceptors (Lipinski definition) is 4. The highest BCUT2D eigenvalue weighted by atomic mass is 127. The van der Waals surface area contributed by atoms with Crippen LogP contribution in [0.15, 0.2) is 12.1 Å². The third kappa shape index (κ3) is 3.19. The molecule has 0 saturated heterocycles. The lowest BCUT2D eigenvalue weighted by molar-refractivity contribution is -0.134. The van der Waals surface area contributed by atoms with Crippen LogP contribution in [0.25, 0.3) is 0 Å². The minimum atomic E-state index is -0.447. The van der Waals surface area contributed by atoms with Crippen LogP contribution in [0.1, 0.15) is 19.4 Å². The first-order valence-corrected chi connectivity index (χ1v) is 5.65. The molecule has 1 aromatic carbocycles. The van der Waals surface area contributed by atoms with Crippen molar-refractivity contribution in [1.82, 2.24) is 0 Å². The first kappa shape index (κ1) is 13.0. The molecule has 0 amide bonds. The summed E-state index contributed by atoms with van der Waals surface area (Å²) in [6.07, 6.45) is 0. The Kier molecular flexibility index (Phi) is 4.28. The van der Waals surface area contributed by atoms with Crippen LogP contribution in [0.5, 0.6) is 11.5 Å². The summed E-state index contributed by atoms with van der Waals surface area (Å²) < 4.78 is 10.8. The van der Waals surface area contributed by atoms with Crippen molar-refractivity contribution in [1.29, 1.82) is 0 Å². The maximum Gasteiger partial charge on any atom is 0.308 e. The molecular formula is C11H11IO4. The summed E-state index contributed by atoms with van der Waals surface area (Å²) in [5, 5.41) is 0. The summed E-state index contributed by atoms with van der Waals surface area (Å²) in [6.45, 7) is 4.38. The molecule has 0 aliphatic rings. The molecule has 0 heterocycles. The van der Waals surface area contributed by atoms with Gasteiger partial charge < -0.3 is 9.47 Å². The second-order valence-corrected chi connectivity index (χ2v) is 4.37. The minimum Gasteiger partial charge on any atom is -0.422 e. The summed E-state index contributed by atoms with van der Waals surface area (Å²) in [7, 11) is 0. The molecule has 0 N–H and O–H groups in total. The van der Waals surface area contributed by atoms with E-state index in [4.69, 9.17) is 9.47 Å². The molecule has 0 spiro atoms. The molecule has 1 aromatic rings. The fourth-order valence-electron chi connectivity index (χ4n) is 1.15. The van der Waals surface area contributed by atoms with Crippen molar-refractivity contribution in [3.05, 3.63) is 21.3 Å². The van der Waals surface area contributed by atoms with Crippen LogP contribution in [0.4, 0.5) is 0 Å². The van der Waals surface area contributed by atoms with E-state index in [1.165, 1.54) is 13.8 Å². The predicted octanol–water partition coefficient (Wildman–Crippen LogP) is 2.45. The molecule has 0 unspecified atom stereocenters. The van der Waals surface area contributed by atoms with Crippen LogP contribution in [0, 0.1) is 10.5 Å². The highest BCUT2D eigenvalue weighted by molar-refractivity contribution is 14.1. The molecular weight excluding hydrogens is 323 g/mol. The van der Waals surface area contributed by atoms with E-state index in [9.17, 15) is 9.59 Å². The molecule has 0 fully saturated rings. The van der Waals surface area contributed by atoms with Gasteiger partial charge in [-0.1, -0.05) is 6.07 Å². The maximum absolute atomic E-state index is 10.9. The topological polar surface area (TPSA) is 52.6 Å². The molecule has 0 saturated carbocycles. The van der Waals surface area contributed by atoms with Gasteiger partial charge in [0.15, 0.2) is 11.5 Å². The summed E-state index contributed by atoms with van der Waals surface area (Å²) in [5.74, 6) is -0.298. The van der Waals surface area contributed by atoms with Crippen LogP contribution < -0.4 is 9.47 Å². The van der Waals surface area contributed by atoms with Crippen LogP contribution in [0.2, 0.25) is 0 Å². The number of carbonyl (C=O) groups is 2. The first-order valence-electron chi connectivity index (χ1n) is 4.57. The van der Waals surface area contributed by atoms with Crippen molar-refractivity contribution in [3.63, 3.8) is 0 Å². The SMILES string of the molecule is CC(=O)Oc1c(C)ccc(I)c1OC(C)=O. The van der Waals surface area contributed by atoms with Gasteiger partial charge in [0.1, 0.15) is 0 Å². The lowest BCUT2D eigenvalue weighted by Crippen LogP contribution is -2.09. The Morgan fingerprint density at radius 1 is 1.06 bits per heavy atom. The second kappa shape index (κ2) is 5.29. The van der Waals surface area contributed by atoms with E-state index in [1.807, 2.05) is 22.6 Å². The van der Waals surface area contributed by atoms with E-state index in [0.29, 0.717) is 11.5 Å². The molecule has 0 aliphatic carbocycles. The third-order valence-corrected chi connectivity index (χ3v) is 2.60. The number of benzene rings is 1. The molecule has 1 rings (SSSR count). The van der Waals surface area contributed by atoms with Crippen molar-refractivity contribution < 1.29 is 19.1 Å². The minimum absolute atomic E-state index is 0.295. The van der Waals surface area contributed by atoms with E-state index >= 15 is 0 Å². The number of halogens is 1. The Morgan fingerprint density at radius 3 is 2.06 bits per heavy atom. The number of carbonyl (C=O) groups excluding carboxylic acids is 2. The van der Waals surface area contributed by atoms with Crippen molar-refractivity contribution in [3.8, 4) is 11.5 Å². The molecule has 0 atom stereocenters. The van der Waals surface area contributed by atoms with E-state index in [-0.39, 0.29) is 0 Å². The van der Waals surface area contributed by atoms with Gasteiger partial charge in [0.2, 0.25) is 0 Å². The predicted molar refractivity (Wildman–Crippen MR) is 66.5 cm³/mol. The van der Waals surface area contributed by atoms with E-state index in [0.717, 1.165) is 9.13 Å².